The van der Waals surface area contributed by atoms with Gasteiger partial charge in [-0.25, -0.2) is 4.79 Å². The summed E-state index contributed by atoms with van der Waals surface area (Å²) in [6, 6.07) is 9.55. The van der Waals surface area contributed by atoms with Gasteiger partial charge in [0.15, 0.2) is 5.78 Å². The van der Waals surface area contributed by atoms with Gasteiger partial charge in [0.1, 0.15) is 0 Å². The van der Waals surface area contributed by atoms with E-state index < -0.39 is 12.1 Å². The molecule has 1 saturated heterocycles. The number of halogens is 3. The highest BCUT2D eigenvalue weighted by Crippen LogP contribution is 2.13. The monoisotopic (exact) mass is 289 g/mol. The van der Waals surface area contributed by atoms with Crippen LogP contribution in [0.3, 0.4) is 0 Å². The lowest BCUT2D eigenvalue weighted by Gasteiger charge is -2.07. The van der Waals surface area contributed by atoms with Crippen LogP contribution in [0.4, 0.5) is 13.2 Å². The number of carbonyl (C=O) groups excluding carboxylic acids is 1. The lowest BCUT2D eigenvalue weighted by Crippen LogP contribution is -2.30. The highest BCUT2D eigenvalue weighted by molar-refractivity contribution is 6.00. The van der Waals surface area contributed by atoms with Crippen molar-refractivity contribution < 1.29 is 27.9 Å². The first kappa shape index (κ1) is 16.2. The van der Waals surface area contributed by atoms with Crippen molar-refractivity contribution in [2.75, 3.05) is 6.54 Å². The van der Waals surface area contributed by atoms with Gasteiger partial charge in [0.25, 0.3) is 0 Å². The number of hydrogen-bond acceptors (Lipinski definition) is 3. The lowest BCUT2D eigenvalue weighted by molar-refractivity contribution is -0.192. The molecule has 0 spiro atoms. The molecule has 1 atom stereocenters. The van der Waals surface area contributed by atoms with Crippen molar-refractivity contribution in [3.05, 3.63) is 35.9 Å². The Balaban J connectivity index is 0.000000246. The van der Waals surface area contributed by atoms with E-state index in [0.29, 0.717) is 0 Å². The van der Waals surface area contributed by atoms with Gasteiger partial charge in [-0.15, -0.1) is 0 Å². The molecule has 0 aliphatic carbocycles. The van der Waals surface area contributed by atoms with Crippen LogP contribution in [-0.4, -0.2) is 35.6 Å². The molecule has 1 aromatic rings. The van der Waals surface area contributed by atoms with E-state index in [1.165, 1.54) is 0 Å². The van der Waals surface area contributed by atoms with Gasteiger partial charge in [-0.05, 0) is 19.4 Å². The van der Waals surface area contributed by atoms with Crippen molar-refractivity contribution in [1.82, 2.24) is 5.32 Å². The number of Topliss-reactive ketones (excluding diaryl/α,β-unsaturated/α-hetero) is 1. The van der Waals surface area contributed by atoms with E-state index >= 15 is 0 Å². The van der Waals surface area contributed by atoms with Gasteiger partial charge in [-0.3, -0.25) is 4.79 Å². The summed E-state index contributed by atoms with van der Waals surface area (Å²) in [6.07, 6.45) is -2.99. The quantitative estimate of drug-likeness (QED) is 0.820. The maximum absolute atomic E-state index is 11.8. The topological polar surface area (TPSA) is 66.4 Å². The molecule has 2 rings (SSSR count). The van der Waals surface area contributed by atoms with E-state index in [0.717, 1.165) is 24.9 Å². The number of rotatable bonds is 2. The summed E-state index contributed by atoms with van der Waals surface area (Å²) < 4.78 is 31.7. The van der Waals surface area contributed by atoms with Crippen molar-refractivity contribution in [2.45, 2.75) is 25.1 Å². The number of alkyl halides is 3. The number of nitrogens with one attached hydrogen (secondary N) is 1. The Labute approximate surface area is 113 Å². The molecule has 0 amide bonds. The summed E-state index contributed by atoms with van der Waals surface area (Å²) >= 11 is 0. The van der Waals surface area contributed by atoms with E-state index in [2.05, 4.69) is 5.32 Å². The first-order valence-corrected chi connectivity index (χ1v) is 5.95. The zero-order chi connectivity index (χ0) is 15.2. The van der Waals surface area contributed by atoms with Crippen LogP contribution in [0.1, 0.15) is 23.2 Å². The molecular weight excluding hydrogens is 275 g/mol. The first-order valence-electron chi connectivity index (χ1n) is 5.95. The number of aliphatic carboxylic acids is 1. The summed E-state index contributed by atoms with van der Waals surface area (Å²) in [6.45, 7) is 0.975. The van der Waals surface area contributed by atoms with Crippen LogP contribution in [0, 0.1) is 0 Å². The minimum absolute atomic E-state index is 0.0578. The first-order chi connectivity index (χ1) is 9.32. The van der Waals surface area contributed by atoms with Crippen molar-refractivity contribution in [2.24, 2.45) is 0 Å². The van der Waals surface area contributed by atoms with Gasteiger partial charge in [-0.2, -0.15) is 13.2 Å². The number of carboxylic acid groups (broad SMARTS) is 1. The SMILES string of the molecule is O=C(O)C(F)(F)F.O=C(c1ccccc1)[C@@H]1CCCN1. The largest absolute Gasteiger partial charge is 0.490 e. The molecule has 0 aromatic heterocycles. The molecule has 110 valence electrons. The second kappa shape index (κ2) is 7.04. The molecule has 1 heterocycles. The Bertz CT molecular complexity index is 454. The Kier molecular flexibility index (Phi) is 5.69. The summed E-state index contributed by atoms with van der Waals surface area (Å²) in [4.78, 5) is 20.7. The number of carbonyl (C=O) groups is 2. The van der Waals surface area contributed by atoms with Gasteiger partial charge in [-0.1, -0.05) is 30.3 Å². The Hall–Kier alpha value is -1.89. The number of carboxylic acids is 1. The van der Waals surface area contributed by atoms with Crippen molar-refractivity contribution in [1.29, 1.82) is 0 Å². The Morgan fingerprint density at radius 1 is 1.20 bits per heavy atom. The summed E-state index contributed by atoms with van der Waals surface area (Å²) in [5.74, 6) is -2.52. The highest BCUT2D eigenvalue weighted by atomic mass is 19.4. The van der Waals surface area contributed by atoms with Crippen molar-refractivity contribution >= 4 is 11.8 Å². The van der Waals surface area contributed by atoms with Crippen LogP contribution in [0.2, 0.25) is 0 Å². The van der Waals surface area contributed by atoms with Crippen LogP contribution in [0.5, 0.6) is 0 Å². The van der Waals surface area contributed by atoms with E-state index in [4.69, 9.17) is 9.90 Å². The molecule has 0 saturated carbocycles. The highest BCUT2D eigenvalue weighted by Gasteiger charge is 2.38. The van der Waals surface area contributed by atoms with Crippen LogP contribution in [0.25, 0.3) is 0 Å². The fourth-order valence-corrected chi connectivity index (χ4v) is 1.71. The fraction of sp³-hybridized carbons (Fsp3) is 0.385. The van der Waals surface area contributed by atoms with Gasteiger partial charge in [0.2, 0.25) is 0 Å². The predicted octanol–water partition coefficient (Wildman–Crippen LogP) is 2.25. The second-order valence-corrected chi connectivity index (χ2v) is 4.18. The number of benzene rings is 1. The van der Waals surface area contributed by atoms with Gasteiger partial charge in [0, 0.05) is 5.56 Å². The third-order valence-corrected chi connectivity index (χ3v) is 2.68. The van der Waals surface area contributed by atoms with E-state index in [1.54, 1.807) is 0 Å². The van der Waals surface area contributed by atoms with Gasteiger partial charge in [0.05, 0.1) is 6.04 Å². The molecule has 2 N–H and O–H groups in total. The zero-order valence-electron chi connectivity index (χ0n) is 10.5. The Morgan fingerprint density at radius 3 is 2.15 bits per heavy atom. The molecule has 20 heavy (non-hydrogen) atoms. The molecule has 0 unspecified atom stereocenters. The van der Waals surface area contributed by atoms with Crippen molar-refractivity contribution in [3.63, 3.8) is 0 Å². The Morgan fingerprint density at radius 2 is 1.75 bits per heavy atom. The van der Waals surface area contributed by atoms with Crippen LogP contribution in [0.15, 0.2) is 30.3 Å². The molecule has 7 heteroatoms. The minimum atomic E-state index is -5.08. The normalized spacial score (nSPS) is 18.1. The smallest absolute Gasteiger partial charge is 0.475 e. The minimum Gasteiger partial charge on any atom is -0.475 e. The predicted molar refractivity (Wildman–Crippen MR) is 65.5 cm³/mol. The van der Waals surface area contributed by atoms with E-state index in [1.807, 2.05) is 30.3 Å². The standard InChI is InChI=1S/C11H13NO.C2HF3O2/c13-11(10-7-4-8-12-10)9-5-2-1-3-6-9;3-2(4,5)1(6)7/h1-3,5-6,10,12H,4,7-8H2;(H,6,7)/t10-;/m0./s1. The van der Waals surface area contributed by atoms with E-state index in [9.17, 15) is 18.0 Å². The molecule has 1 aliphatic heterocycles. The molecule has 4 nitrogen and oxygen atoms in total. The lowest BCUT2D eigenvalue weighted by atomic mass is 10.0. The van der Waals surface area contributed by atoms with Crippen molar-refractivity contribution in [3.8, 4) is 0 Å². The maximum atomic E-state index is 11.8. The molecular formula is C13H14F3NO3. The molecule has 0 bridgehead atoms. The average molecular weight is 289 g/mol. The zero-order valence-corrected chi connectivity index (χ0v) is 10.5. The molecule has 1 aromatic carbocycles. The summed E-state index contributed by atoms with van der Waals surface area (Å²) in [7, 11) is 0. The number of hydrogen-bond donors (Lipinski definition) is 2. The second-order valence-electron chi connectivity index (χ2n) is 4.18. The summed E-state index contributed by atoms with van der Waals surface area (Å²) in [5.41, 5.74) is 0.821. The molecule has 1 aliphatic rings. The third-order valence-electron chi connectivity index (χ3n) is 2.68. The maximum Gasteiger partial charge on any atom is 0.490 e. The van der Waals surface area contributed by atoms with Gasteiger partial charge >= 0.3 is 12.1 Å². The third kappa shape index (κ3) is 5.00. The molecule has 0 radical (unpaired) electrons. The van der Waals surface area contributed by atoms with Crippen LogP contribution >= 0.6 is 0 Å². The fourth-order valence-electron chi connectivity index (χ4n) is 1.71. The average Bonchev–Trinajstić information content (AvgIpc) is 2.92. The van der Waals surface area contributed by atoms with Gasteiger partial charge < -0.3 is 10.4 Å². The molecule has 1 fully saturated rings. The summed E-state index contributed by atoms with van der Waals surface area (Å²) in [5, 5.41) is 10.3. The van der Waals surface area contributed by atoms with Crippen LogP contribution in [-0.2, 0) is 4.79 Å². The van der Waals surface area contributed by atoms with Crippen LogP contribution < -0.4 is 5.32 Å². The van der Waals surface area contributed by atoms with E-state index in [-0.39, 0.29) is 11.8 Å². The number of ketones is 1.